The topological polar surface area (TPSA) is 54.0 Å². The van der Waals surface area contributed by atoms with E-state index in [1.807, 2.05) is 30.8 Å². The molecule has 110 valence electrons. The van der Waals surface area contributed by atoms with Gasteiger partial charge in [0.2, 0.25) is 0 Å². The maximum Gasteiger partial charge on any atom is 0.251 e. The average molecular weight is 293 g/mol. The van der Waals surface area contributed by atoms with Crippen LogP contribution >= 0.6 is 11.8 Å². The Morgan fingerprint density at radius 2 is 2.35 bits per heavy atom. The van der Waals surface area contributed by atoms with Gasteiger partial charge >= 0.3 is 0 Å². The largest absolute Gasteiger partial charge is 0.370 e. The van der Waals surface area contributed by atoms with Gasteiger partial charge in [-0.3, -0.25) is 4.79 Å². The van der Waals surface area contributed by atoms with Crippen molar-refractivity contribution in [1.29, 1.82) is 0 Å². The molecule has 1 amide bonds. The highest BCUT2D eigenvalue weighted by Crippen LogP contribution is 2.18. The lowest BCUT2D eigenvalue weighted by Crippen LogP contribution is -2.38. The number of aromatic nitrogens is 1. The second-order valence-corrected chi connectivity index (χ2v) is 6.35. The van der Waals surface area contributed by atoms with Crippen molar-refractivity contribution < 1.29 is 4.79 Å². The molecule has 2 rings (SSSR count). The molecule has 1 aliphatic heterocycles. The molecule has 2 heterocycles. The van der Waals surface area contributed by atoms with Crippen LogP contribution in [0.15, 0.2) is 12.1 Å². The first kappa shape index (κ1) is 15.2. The highest BCUT2D eigenvalue weighted by Gasteiger charge is 2.17. The minimum atomic E-state index is 0.0162. The number of pyridine rings is 1. The quantitative estimate of drug-likeness (QED) is 0.876. The Hall–Kier alpha value is -1.23. The molecule has 2 N–H and O–H groups in total. The van der Waals surface area contributed by atoms with Gasteiger partial charge in [0.1, 0.15) is 5.82 Å². The maximum atomic E-state index is 12.3. The van der Waals surface area contributed by atoms with Crippen LogP contribution < -0.4 is 10.6 Å². The van der Waals surface area contributed by atoms with Crippen LogP contribution in [0.5, 0.6) is 0 Å². The minimum absolute atomic E-state index is 0.0162. The third kappa shape index (κ3) is 4.40. The number of hydrogen-bond donors (Lipinski definition) is 2. The molecule has 4 nitrogen and oxygen atoms in total. The second-order valence-electron chi connectivity index (χ2n) is 5.20. The van der Waals surface area contributed by atoms with E-state index in [1.165, 1.54) is 12.2 Å². The molecular weight excluding hydrogens is 270 g/mol. The molecule has 1 unspecified atom stereocenters. The van der Waals surface area contributed by atoms with Gasteiger partial charge in [-0.15, -0.1) is 0 Å². The molecule has 1 atom stereocenters. The number of rotatable bonds is 5. The molecule has 0 spiro atoms. The zero-order chi connectivity index (χ0) is 14.4. The summed E-state index contributed by atoms with van der Waals surface area (Å²) < 4.78 is 0. The van der Waals surface area contributed by atoms with E-state index < -0.39 is 0 Å². The fourth-order valence-corrected chi connectivity index (χ4v) is 3.34. The van der Waals surface area contributed by atoms with E-state index in [-0.39, 0.29) is 5.91 Å². The summed E-state index contributed by atoms with van der Waals surface area (Å²) >= 11 is 1.92. The van der Waals surface area contributed by atoms with Crippen LogP contribution in [-0.4, -0.2) is 35.0 Å². The van der Waals surface area contributed by atoms with E-state index in [0.29, 0.717) is 11.6 Å². The minimum Gasteiger partial charge on any atom is -0.370 e. The molecule has 20 heavy (non-hydrogen) atoms. The molecular formula is C15H23N3OS. The van der Waals surface area contributed by atoms with Gasteiger partial charge in [0.25, 0.3) is 5.91 Å². The Bertz CT molecular complexity index is 458. The van der Waals surface area contributed by atoms with Crippen LogP contribution in [0.4, 0.5) is 5.82 Å². The second kappa shape index (κ2) is 7.53. The summed E-state index contributed by atoms with van der Waals surface area (Å²) in [5.74, 6) is 3.04. The third-order valence-corrected chi connectivity index (χ3v) is 4.48. The summed E-state index contributed by atoms with van der Waals surface area (Å²) in [7, 11) is 0. The van der Waals surface area contributed by atoms with Crippen LogP contribution in [0, 0.1) is 6.92 Å². The normalized spacial score (nSPS) is 18.6. The Morgan fingerprint density at radius 1 is 1.50 bits per heavy atom. The van der Waals surface area contributed by atoms with Crippen LogP contribution in [0.3, 0.4) is 0 Å². The molecule has 0 radical (unpaired) electrons. The van der Waals surface area contributed by atoms with Gasteiger partial charge in [-0.05, 0) is 44.1 Å². The van der Waals surface area contributed by atoms with Crippen molar-refractivity contribution in [2.75, 3.05) is 23.4 Å². The van der Waals surface area contributed by atoms with Gasteiger partial charge in [0, 0.05) is 29.6 Å². The van der Waals surface area contributed by atoms with Crippen molar-refractivity contribution in [2.24, 2.45) is 0 Å². The lowest BCUT2D eigenvalue weighted by molar-refractivity contribution is 0.0938. The Balaban J connectivity index is 2.02. The van der Waals surface area contributed by atoms with Gasteiger partial charge in [-0.25, -0.2) is 4.98 Å². The van der Waals surface area contributed by atoms with Gasteiger partial charge in [-0.1, -0.05) is 6.92 Å². The Labute approximate surface area is 125 Å². The molecule has 5 heteroatoms. The Kier molecular flexibility index (Phi) is 5.71. The van der Waals surface area contributed by atoms with Crippen molar-refractivity contribution in [3.05, 3.63) is 23.4 Å². The number of anilines is 1. The molecule has 1 aliphatic rings. The van der Waals surface area contributed by atoms with Crippen molar-refractivity contribution in [2.45, 2.75) is 39.2 Å². The number of aryl methyl sites for hydroxylation is 1. The number of hydrogen-bond acceptors (Lipinski definition) is 4. The van der Waals surface area contributed by atoms with E-state index >= 15 is 0 Å². The van der Waals surface area contributed by atoms with Gasteiger partial charge in [0.05, 0.1) is 0 Å². The lowest BCUT2D eigenvalue weighted by atomic mass is 10.1. The molecule has 1 fully saturated rings. The summed E-state index contributed by atoms with van der Waals surface area (Å²) in [6.45, 7) is 4.90. The number of amides is 1. The average Bonchev–Trinajstić information content (AvgIpc) is 2.45. The first-order valence-electron chi connectivity index (χ1n) is 7.30. The summed E-state index contributed by atoms with van der Waals surface area (Å²) in [5.41, 5.74) is 1.57. The van der Waals surface area contributed by atoms with E-state index in [2.05, 4.69) is 22.5 Å². The maximum absolute atomic E-state index is 12.3. The molecule has 0 saturated carbocycles. The fraction of sp³-hybridized carbons (Fsp3) is 0.600. The van der Waals surface area contributed by atoms with Gasteiger partial charge < -0.3 is 10.6 Å². The highest BCUT2D eigenvalue weighted by molar-refractivity contribution is 7.99. The third-order valence-electron chi connectivity index (χ3n) is 3.27. The van der Waals surface area contributed by atoms with Crippen molar-refractivity contribution in [1.82, 2.24) is 10.3 Å². The monoisotopic (exact) mass is 293 g/mol. The van der Waals surface area contributed by atoms with Gasteiger partial charge in [-0.2, -0.15) is 11.8 Å². The molecule has 1 aromatic rings. The molecule has 1 saturated heterocycles. The molecule has 0 aromatic carbocycles. The standard InChI is InChI=1S/C15H23N3OS/c1-3-6-16-14-9-12(8-11(2)17-14)15(19)18-13-5-4-7-20-10-13/h8-9,13H,3-7,10H2,1-2H3,(H,16,17)(H,18,19). The highest BCUT2D eigenvalue weighted by atomic mass is 32.2. The summed E-state index contributed by atoms with van der Waals surface area (Å²) in [5, 5.41) is 6.37. The predicted molar refractivity (Wildman–Crippen MR) is 85.6 cm³/mol. The summed E-state index contributed by atoms with van der Waals surface area (Å²) in [6.07, 6.45) is 3.31. The van der Waals surface area contributed by atoms with E-state index in [1.54, 1.807) is 0 Å². The summed E-state index contributed by atoms with van der Waals surface area (Å²) in [6, 6.07) is 4.00. The van der Waals surface area contributed by atoms with Crippen molar-refractivity contribution in [3.8, 4) is 0 Å². The van der Waals surface area contributed by atoms with E-state index in [4.69, 9.17) is 0 Å². The molecule has 0 aliphatic carbocycles. The van der Waals surface area contributed by atoms with Crippen LogP contribution in [0.25, 0.3) is 0 Å². The molecule has 1 aromatic heterocycles. The fourth-order valence-electron chi connectivity index (χ4n) is 2.27. The number of carbonyl (C=O) groups is 1. The van der Waals surface area contributed by atoms with E-state index in [0.717, 1.165) is 36.7 Å². The number of nitrogens with zero attached hydrogens (tertiary/aromatic N) is 1. The zero-order valence-electron chi connectivity index (χ0n) is 12.2. The number of carbonyl (C=O) groups excluding carboxylic acids is 1. The zero-order valence-corrected chi connectivity index (χ0v) is 13.1. The van der Waals surface area contributed by atoms with Crippen LogP contribution in [0.2, 0.25) is 0 Å². The SMILES string of the molecule is CCCNc1cc(C(=O)NC2CCCSC2)cc(C)n1. The van der Waals surface area contributed by atoms with Gasteiger partial charge in [0.15, 0.2) is 0 Å². The number of nitrogens with one attached hydrogen (secondary N) is 2. The smallest absolute Gasteiger partial charge is 0.251 e. The first-order valence-corrected chi connectivity index (χ1v) is 8.45. The summed E-state index contributed by atoms with van der Waals surface area (Å²) in [4.78, 5) is 16.7. The lowest BCUT2D eigenvalue weighted by Gasteiger charge is -2.22. The predicted octanol–water partition coefficient (Wildman–Crippen LogP) is 2.84. The first-order chi connectivity index (χ1) is 9.69. The Morgan fingerprint density at radius 3 is 3.05 bits per heavy atom. The van der Waals surface area contributed by atoms with Crippen LogP contribution in [0.1, 0.15) is 42.2 Å². The number of thioether (sulfide) groups is 1. The molecule has 0 bridgehead atoms. The van der Waals surface area contributed by atoms with Crippen LogP contribution in [-0.2, 0) is 0 Å². The van der Waals surface area contributed by atoms with Crippen molar-refractivity contribution in [3.63, 3.8) is 0 Å². The van der Waals surface area contributed by atoms with Crippen molar-refractivity contribution >= 4 is 23.5 Å². The van der Waals surface area contributed by atoms with E-state index in [9.17, 15) is 4.79 Å².